The number of halogens is 2. The van der Waals surface area contributed by atoms with Crippen LogP contribution in [-0.2, 0) is 9.59 Å². The summed E-state index contributed by atoms with van der Waals surface area (Å²) in [5, 5.41) is 2.55. The van der Waals surface area contributed by atoms with Gasteiger partial charge in [0.25, 0.3) is 6.43 Å². The lowest BCUT2D eigenvalue weighted by Crippen LogP contribution is -2.60. The summed E-state index contributed by atoms with van der Waals surface area (Å²) in [6, 6.07) is -0.662. The first-order valence-electron chi connectivity index (χ1n) is 5.32. The molecule has 0 aromatic carbocycles. The van der Waals surface area contributed by atoms with Crippen molar-refractivity contribution < 1.29 is 18.4 Å². The first-order valence-corrected chi connectivity index (χ1v) is 5.32. The average Bonchev–Trinajstić information content (AvgIpc) is 2.21. The van der Waals surface area contributed by atoms with Crippen LogP contribution in [0.5, 0.6) is 0 Å². The molecular weight excluding hydrogens is 218 g/mol. The fourth-order valence-electron chi connectivity index (χ4n) is 1.67. The minimum atomic E-state index is -2.60. The van der Waals surface area contributed by atoms with Crippen molar-refractivity contribution in [2.45, 2.75) is 32.7 Å². The Morgan fingerprint density at radius 1 is 1.50 bits per heavy atom. The van der Waals surface area contributed by atoms with Crippen LogP contribution in [0.4, 0.5) is 8.78 Å². The van der Waals surface area contributed by atoms with Crippen molar-refractivity contribution in [3.8, 4) is 0 Å². The van der Waals surface area contributed by atoms with Crippen LogP contribution in [0.15, 0.2) is 0 Å². The Morgan fingerprint density at radius 2 is 2.12 bits per heavy atom. The Hall–Kier alpha value is -1.20. The van der Waals surface area contributed by atoms with Gasteiger partial charge < -0.3 is 10.2 Å². The van der Waals surface area contributed by atoms with Crippen LogP contribution in [0.2, 0.25) is 0 Å². The van der Waals surface area contributed by atoms with Crippen LogP contribution in [0.3, 0.4) is 0 Å². The van der Waals surface area contributed by atoms with Gasteiger partial charge in [0.15, 0.2) is 0 Å². The Labute approximate surface area is 93.0 Å². The van der Waals surface area contributed by atoms with Crippen LogP contribution in [0.25, 0.3) is 0 Å². The first kappa shape index (κ1) is 12.9. The molecule has 1 N–H and O–H groups in total. The van der Waals surface area contributed by atoms with Gasteiger partial charge in [-0.1, -0.05) is 20.3 Å². The van der Waals surface area contributed by atoms with E-state index in [2.05, 4.69) is 5.32 Å². The van der Waals surface area contributed by atoms with Crippen LogP contribution in [-0.4, -0.2) is 42.3 Å². The number of alkyl halides is 2. The summed E-state index contributed by atoms with van der Waals surface area (Å²) >= 11 is 0. The van der Waals surface area contributed by atoms with E-state index in [1.807, 2.05) is 13.8 Å². The van der Waals surface area contributed by atoms with Crippen molar-refractivity contribution in [3.05, 3.63) is 0 Å². The minimum absolute atomic E-state index is 0.0445. The van der Waals surface area contributed by atoms with Gasteiger partial charge in [0.2, 0.25) is 11.8 Å². The zero-order valence-electron chi connectivity index (χ0n) is 9.37. The van der Waals surface area contributed by atoms with E-state index >= 15 is 0 Å². The van der Waals surface area contributed by atoms with Crippen LogP contribution in [0.1, 0.15) is 20.3 Å². The Morgan fingerprint density at radius 3 is 2.62 bits per heavy atom. The van der Waals surface area contributed by atoms with Gasteiger partial charge in [-0.05, 0) is 5.92 Å². The van der Waals surface area contributed by atoms with Gasteiger partial charge in [0.1, 0.15) is 6.04 Å². The molecule has 1 saturated heterocycles. The van der Waals surface area contributed by atoms with E-state index in [1.165, 1.54) is 0 Å². The van der Waals surface area contributed by atoms with Crippen LogP contribution >= 0.6 is 0 Å². The smallest absolute Gasteiger partial charge is 0.255 e. The monoisotopic (exact) mass is 234 g/mol. The van der Waals surface area contributed by atoms with Crippen LogP contribution in [0, 0.1) is 5.92 Å². The zero-order chi connectivity index (χ0) is 12.3. The van der Waals surface area contributed by atoms with E-state index in [-0.39, 0.29) is 18.4 Å². The standard InChI is InChI=1S/C10H16F2N2O2/c1-3-6(2)9-10(16)14(4-7(11)12)5-8(15)13-9/h6-7,9H,3-5H2,1-2H3,(H,13,15). The van der Waals surface area contributed by atoms with E-state index in [0.717, 1.165) is 4.90 Å². The maximum absolute atomic E-state index is 12.2. The van der Waals surface area contributed by atoms with E-state index in [9.17, 15) is 18.4 Å². The highest BCUT2D eigenvalue weighted by atomic mass is 19.3. The first-order chi connectivity index (χ1) is 7.45. The highest BCUT2D eigenvalue weighted by Crippen LogP contribution is 2.15. The number of amides is 2. The second-order valence-corrected chi connectivity index (χ2v) is 4.04. The van der Waals surface area contributed by atoms with Crippen LogP contribution < -0.4 is 5.32 Å². The number of carbonyl (C=O) groups is 2. The summed E-state index contributed by atoms with van der Waals surface area (Å²) in [6.07, 6.45) is -1.90. The maximum Gasteiger partial charge on any atom is 0.255 e. The molecule has 0 aliphatic carbocycles. The minimum Gasteiger partial charge on any atom is -0.342 e. The number of piperazine rings is 1. The van der Waals surface area contributed by atoms with E-state index < -0.39 is 24.9 Å². The second-order valence-electron chi connectivity index (χ2n) is 4.04. The van der Waals surface area contributed by atoms with Crippen molar-refractivity contribution in [3.63, 3.8) is 0 Å². The molecule has 1 fully saturated rings. The summed E-state index contributed by atoms with van der Waals surface area (Å²) in [4.78, 5) is 24.0. The number of hydrogen-bond donors (Lipinski definition) is 1. The molecule has 2 amide bonds. The summed E-state index contributed by atoms with van der Waals surface area (Å²) in [6.45, 7) is 2.76. The van der Waals surface area contributed by atoms with Gasteiger partial charge in [-0.15, -0.1) is 0 Å². The molecule has 0 bridgehead atoms. The third-order valence-corrected chi connectivity index (χ3v) is 2.80. The molecule has 0 aromatic rings. The molecule has 1 aliphatic rings. The van der Waals surface area contributed by atoms with E-state index in [1.54, 1.807) is 0 Å². The Bertz CT molecular complexity index is 284. The van der Waals surface area contributed by atoms with Gasteiger partial charge in [-0.3, -0.25) is 9.59 Å². The summed E-state index contributed by atoms with van der Waals surface area (Å²) < 4.78 is 24.4. The third kappa shape index (κ3) is 2.90. The Balaban J connectivity index is 2.73. The largest absolute Gasteiger partial charge is 0.342 e. The summed E-state index contributed by atoms with van der Waals surface area (Å²) in [7, 11) is 0. The van der Waals surface area contributed by atoms with Gasteiger partial charge in [0.05, 0.1) is 13.1 Å². The zero-order valence-corrected chi connectivity index (χ0v) is 9.37. The van der Waals surface area contributed by atoms with Gasteiger partial charge in [0, 0.05) is 0 Å². The highest BCUT2D eigenvalue weighted by molar-refractivity contribution is 5.95. The predicted molar refractivity (Wildman–Crippen MR) is 54.0 cm³/mol. The molecule has 0 aromatic heterocycles. The molecule has 92 valence electrons. The molecule has 4 nitrogen and oxygen atoms in total. The molecular formula is C10H16F2N2O2. The van der Waals surface area contributed by atoms with Crippen molar-refractivity contribution in [1.82, 2.24) is 10.2 Å². The number of rotatable bonds is 4. The fourth-order valence-corrected chi connectivity index (χ4v) is 1.67. The predicted octanol–water partition coefficient (Wildman–Crippen LogP) is 0.625. The lowest BCUT2D eigenvalue weighted by Gasteiger charge is -2.34. The molecule has 1 heterocycles. The quantitative estimate of drug-likeness (QED) is 0.775. The molecule has 0 radical (unpaired) electrons. The molecule has 0 saturated carbocycles. The number of hydrogen-bond acceptors (Lipinski definition) is 2. The molecule has 6 heteroatoms. The number of nitrogens with one attached hydrogen (secondary N) is 1. The SMILES string of the molecule is CCC(C)C1NC(=O)CN(CC(F)F)C1=O. The maximum atomic E-state index is 12.2. The third-order valence-electron chi connectivity index (χ3n) is 2.80. The van der Waals surface area contributed by atoms with Crippen molar-refractivity contribution in [2.24, 2.45) is 5.92 Å². The van der Waals surface area contributed by atoms with E-state index in [0.29, 0.717) is 6.42 Å². The normalized spacial score (nSPS) is 23.6. The lowest BCUT2D eigenvalue weighted by atomic mass is 9.96. The number of carbonyl (C=O) groups excluding carboxylic acids is 2. The second kappa shape index (κ2) is 5.23. The van der Waals surface area contributed by atoms with Crippen molar-refractivity contribution >= 4 is 11.8 Å². The molecule has 2 atom stereocenters. The summed E-state index contributed by atoms with van der Waals surface area (Å²) in [5.41, 5.74) is 0. The van der Waals surface area contributed by atoms with Gasteiger partial charge in [-0.2, -0.15) is 0 Å². The van der Waals surface area contributed by atoms with Crippen molar-refractivity contribution in [2.75, 3.05) is 13.1 Å². The fraction of sp³-hybridized carbons (Fsp3) is 0.800. The Kier molecular flexibility index (Phi) is 4.20. The van der Waals surface area contributed by atoms with E-state index in [4.69, 9.17) is 0 Å². The number of nitrogens with zero attached hydrogens (tertiary/aromatic N) is 1. The van der Waals surface area contributed by atoms with Crippen molar-refractivity contribution in [1.29, 1.82) is 0 Å². The van der Waals surface area contributed by atoms with Gasteiger partial charge in [-0.25, -0.2) is 8.78 Å². The molecule has 16 heavy (non-hydrogen) atoms. The molecule has 2 unspecified atom stereocenters. The summed E-state index contributed by atoms with van der Waals surface area (Å²) in [5.74, 6) is -0.822. The van der Waals surface area contributed by atoms with Gasteiger partial charge >= 0.3 is 0 Å². The average molecular weight is 234 g/mol. The highest BCUT2D eigenvalue weighted by Gasteiger charge is 2.36. The molecule has 1 rings (SSSR count). The molecule has 1 aliphatic heterocycles. The topological polar surface area (TPSA) is 49.4 Å². The lowest BCUT2D eigenvalue weighted by molar-refractivity contribution is -0.147. The molecule has 0 spiro atoms.